The van der Waals surface area contributed by atoms with E-state index < -0.39 is 20.2 Å². The summed E-state index contributed by atoms with van der Waals surface area (Å²) in [6.45, 7) is 7.16. The zero-order chi connectivity index (χ0) is 28.0. The zero-order valence-electron chi connectivity index (χ0n) is 24.9. The molecule has 0 heterocycles. The highest BCUT2D eigenvalue weighted by Gasteiger charge is 2.26. The Bertz CT molecular complexity index is 600. The van der Waals surface area contributed by atoms with E-state index in [1.54, 1.807) is 6.92 Å². The van der Waals surface area contributed by atoms with Gasteiger partial charge in [0, 0.05) is 13.0 Å². The summed E-state index contributed by atoms with van der Waals surface area (Å²) in [5.41, 5.74) is 0. The van der Waals surface area contributed by atoms with Crippen molar-refractivity contribution in [1.29, 1.82) is 0 Å². The second kappa shape index (κ2) is 22.3. The summed E-state index contributed by atoms with van der Waals surface area (Å²) in [4.78, 5) is 25.1. The van der Waals surface area contributed by atoms with Gasteiger partial charge < -0.3 is 24.0 Å². The van der Waals surface area contributed by atoms with Crippen molar-refractivity contribution in [2.45, 2.75) is 136 Å². The van der Waals surface area contributed by atoms with Gasteiger partial charge in [0.2, 0.25) is 5.91 Å². The number of likely N-dealkylation sites (N-methyl/N-ethyl adjacent to an activating group) is 1. The van der Waals surface area contributed by atoms with Crippen LogP contribution in [0.5, 0.6) is 0 Å². The molecule has 3 unspecified atom stereocenters. The summed E-state index contributed by atoms with van der Waals surface area (Å²) in [5, 5.41) is 2.73. The maximum atomic E-state index is 12.6. The fourth-order valence-electron chi connectivity index (χ4n) is 3.89. The van der Waals surface area contributed by atoms with Gasteiger partial charge in [-0.1, -0.05) is 97.3 Å². The highest BCUT2D eigenvalue weighted by molar-refractivity contribution is 7.45. The standard InChI is InChI=1S/C28H59N2O6P/c1-7-9-11-13-15-17-19-21-24-34-26(3)28(36-37(32,33)35-25-23-30(4,5)6)29-27(31)22-20-18-16-14-12-10-8-2/h26,28H,7-25H2,1-6H3,(H-,29,31,32,33). The third-order valence-electron chi connectivity index (χ3n) is 6.37. The normalized spacial score (nSPS) is 15.3. The van der Waals surface area contributed by atoms with Crippen molar-refractivity contribution in [3.05, 3.63) is 0 Å². The molecule has 0 rings (SSSR count). The Morgan fingerprint density at radius 1 is 0.811 bits per heavy atom. The van der Waals surface area contributed by atoms with Crippen LogP contribution in [0.1, 0.15) is 124 Å². The van der Waals surface area contributed by atoms with Gasteiger partial charge >= 0.3 is 0 Å². The number of amides is 1. The number of quaternary nitrogens is 1. The second-order valence-electron chi connectivity index (χ2n) is 11.3. The molecule has 0 aromatic heterocycles. The minimum Gasteiger partial charge on any atom is -0.756 e. The van der Waals surface area contributed by atoms with E-state index in [-0.39, 0.29) is 12.5 Å². The number of nitrogens with zero attached hydrogens (tertiary/aromatic N) is 1. The van der Waals surface area contributed by atoms with Crippen LogP contribution >= 0.6 is 7.82 Å². The molecule has 0 saturated heterocycles. The first-order valence-corrected chi connectivity index (χ1v) is 16.3. The Morgan fingerprint density at radius 2 is 1.30 bits per heavy atom. The number of nitrogens with one attached hydrogen (secondary N) is 1. The Kier molecular flexibility index (Phi) is 22.0. The molecule has 1 N–H and O–H groups in total. The van der Waals surface area contributed by atoms with E-state index in [4.69, 9.17) is 13.8 Å². The van der Waals surface area contributed by atoms with E-state index in [9.17, 15) is 14.3 Å². The van der Waals surface area contributed by atoms with Crippen LogP contribution in [-0.2, 0) is 23.1 Å². The average Bonchev–Trinajstić information content (AvgIpc) is 2.80. The van der Waals surface area contributed by atoms with Crippen molar-refractivity contribution in [3.8, 4) is 0 Å². The smallest absolute Gasteiger partial charge is 0.270 e. The largest absolute Gasteiger partial charge is 0.756 e. The Labute approximate surface area is 228 Å². The molecular weight excluding hydrogens is 491 g/mol. The quantitative estimate of drug-likeness (QED) is 0.0586. The zero-order valence-corrected chi connectivity index (χ0v) is 25.8. The molecular formula is C28H59N2O6P. The molecule has 0 aliphatic rings. The number of hydrogen-bond acceptors (Lipinski definition) is 6. The molecule has 8 nitrogen and oxygen atoms in total. The van der Waals surface area contributed by atoms with Crippen LogP contribution in [0.4, 0.5) is 0 Å². The van der Waals surface area contributed by atoms with Crippen molar-refractivity contribution in [2.75, 3.05) is 40.9 Å². The van der Waals surface area contributed by atoms with E-state index in [0.717, 1.165) is 32.1 Å². The van der Waals surface area contributed by atoms with Crippen molar-refractivity contribution in [2.24, 2.45) is 0 Å². The fraction of sp³-hybridized carbons (Fsp3) is 0.964. The van der Waals surface area contributed by atoms with Crippen LogP contribution in [0.25, 0.3) is 0 Å². The number of phosphoric ester groups is 1. The van der Waals surface area contributed by atoms with Crippen LogP contribution in [0, 0.1) is 0 Å². The SMILES string of the molecule is CCCCCCCCCCOC(C)C(NC(=O)CCCCCCCCC)OP(=O)([O-])OCC[N+](C)(C)C. The van der Waals surface area contributed by atoms with Gasteiger partial charge in [0.05, 0.1) is 27.2 Å². The van der Waals surface area contributed by atoms with E-state index in [0.29, 0.717) is 24.1 Å². The summed E-state index contributed by atoms with van der Waals surface area (Å²) in [5.74, 6) is -0.229. The van der Waals surface area contributed by atoms with Gasteiger partial charge in [0.1, 0.15) is 13.2 Å². The van der Waals surface area contributed by atoms with Crippen LogP contribution in [0.15, 0.2) is 0 Å². The summed E-state index contributed by atoms with van der Waals surface area (Å²) >= 11 is 0. The van der Waals surface area contributed by atoms with Gasteiger partial charge in [-0.05, 0) is 19.8 Å². The number of rotatable bonds is 26. The second-order valence-corrected chi connectivity index (χ2v) is 12.7. The monoisotopic (exact) mass is 550 g/mol. The van der Waals surface area contributed by atoms with E-state index in [2.05, 4.69) is 19.2 Å². The van der Waals surface area contributed by atoms with Gasteiger partial charge in [-0.2, -0.15) is 0 Å². The van der Waals surface area contributed by atoms with Crippen molar-refractivity contribution in [1.82, 2.24) is 5.32 Å². The molecule has 0 aromatic carbocycles. The Hall–Kier alpha value is -0.500. The van der Waals surface area contributed by atoms with Crippen molar-refractivity contribution < 1.29 is 32.5 Å². The molecule has 37 heavy (non-hydrogen) atoms. The molecule has 0 aliphatic carbocycles. The molecule has 222 valence electrons. The lowest BCUT2D eigenvalue weighted by molar-refractivity contribution is -0.870. The summed E-state index contributed by atoms with van der Waals surface area (Å²) in [6.07, 6.45) is 15.9. The van der Waals surface area contributed by atoms with Crippen LogP contribution in [0.2, 0.25) is 0 Å². The minimum atomic E-state index is -4.61. The maximum Gasteiger partial charge on any atom is 0.270 e. The molecule has 3 atom stereocenters. The van der Waals surface area contributed by atoms with Gasteiger partial charge in [-0.3, -0.25) is 13.9 Å². The maximum absolute atomic E-state index is 12.6. The third-order valence-corrected chi connectivity index (χ3v) is 7.35. The molecule has 0 aliphatic heterocycles. The lowest BCUT2D eigenvalue weighted by Crippen LogP contribution is -2.45. The first kappa shape index (κ1) is 36.5. The molecule has 1 amide bonds. The Balaban J connectivity index is 4.63. The number of carbonyl (C=O) groups is 1. The molecule has 0 saturated carbocycles. The van der Waals surface area contributed by atoms with Crippen molar-refractivity contribution >= 4 is 13.7 Å². The number of phosphoric acid groups is 1. The lowest BCUT2D eigenvalue weighted by Gasteiger charge is -2.32. The molecule has 0 radical (unpaired) electrons. The predicted molar refractivity (Wildman–Crippen MR) is 150 cm³/mol. The van der Waals surface area contributed by atoms with E-state index in [1.807, 2.05) is 21.1 Å². The van der Waals surface area contributed by atoms with Crippen LogP contribution in [-0.4, -0.2) is 63.6 Å². The number of ether oxygens (including phenoxy) is 1. The fourth-order valence-corrected chi connectivity index (χ4v) is 4.76. The van der Waals surface area contributed by atoms with Gasteiger partial charge in [-0.15, -0.1) is 0 Å². The molecule has 0 fully saturated rings. The molecule has 0 aromatic rings. The topological polar surface area (TPSA) is 96.9 Å². The number of unbranched alkanes of at least 4 members (excludes halogenated alkanes) is 13. The van der Waals surface area contributed by atoms with Crippen molar-refractivity contribution in [3.63, 3.8) is 0 Å². The highest BCUT2D eigenvalue weighted by atomic mass is 31.2. The van der Waals surface area contributed by atoms with E-state index in [1.165, 1.54) is 64.2 Å². The number of hydrogen-bond donors (Lipinski definition) is 1. The lowest BCUT2D eigenvalue weighted by atomic mass is 10.1. The molecule has 0 bridgehead atoms. The van der Waals surface area contributed by atoms with Gasteiger partial charge in [0.25, 0.3) is 7.82 Å². The molecule has 9 heteroatoms. The third kappa shape index (κ3) is 24.3. The number of carbonyl (C=O) groups excluding carboxylic acids is 1. The van der Waals surface area contributed by atoms with Crippen LogP contribution in [0.3, 0.4) is 0 Å². The Morgan fingerprint density at radius 3 is 1.81 bits per heavy atom. The first-order valence-electron chi connectivity index (χ1n) is 14.9. The first-order chi connectivity index (χ1) is 17.5. The van der Waals surface area contributed by atoms with Crippen LogP contribution < -0.4 is 10.2 Å². The average molecular weight is 551 g/mol. The summed E-state index contributed by atoms with van der Waals surface area (Å²) in [6, 6.07) is 0. The highest BCUT2D eigenvalue weighted by Crippen LogP contribution is 2.40. The summed E-state index contributed by atoms with van der Waals surface area (Å²) in [7, 11) is 1.25. The van der Waals surface area contributed by atoms with Gasteiger partial charge in [0.15, 0.2) is 6.23 Å². The molecule has 0 spiro atoms. The van der Waals surface area contributed by atoms with Gasteiger partial charge in [-0.25, -0.2) is 0 Å². The predicted octanol–water partition coefficient (Wildman–Crippen LogP) is 6.32. The summed E-state index contributed by atoms with van der Waals surface area (Å²) < 4.78 is 29.3. The minimum absolute atomic E-state index is 0.0104. The van der Waals surface area contributed by atoms with E-state index >= 15 is 0 Å².